The summed E-state index contributed by atoms with van der Waals surface area (Å²) in [4.78, 5) is 13.4. The molecule has 1 aromatic rings. The van der Waals surface area contributed by atoms with E-state index in [-0.39, 0.29) is 41.5 Å². The van der Waals surface area contributed by atoms with Crippen molar-refractivity contribution in [3.05, 3.63) is 39.4 Å². The normalized spacial score (nSPS) is 16.3. The number of benzene rings is 1. The van der Waals surface area contributed by atoms with Crippen molar-refractivity contribution in [1.82, 2.24) is 10.2 Å². The Hall–Kier alpha value is -0.880. The number of halogens is 2. The Morgan fingerprint density at radius 3 is 2.39 bits per heavy atom. The molecule has 0 bridgehead atoms. The molecule has 1 N–H and O–H groups in total. The Labute approximate surface area is 150 Å². The molecule has 132 valence electrons. The number of nitrogens with one attached hydrogen (secondary N) is 1. The molecule has 0 aliphatic carbocycles. The van der Waals surface area contributed by atoms with E-state index in [9.17, 15) is 10.1 Å². The molecule has 0 saturated carbocycles. The van der Waals surface area contributed by atoms with Crippen LogP contribution in [0.5, 0.6) is 0 Å². The van der Waals surface area contributed by atoms with Crippen LogP contribution >= 0.6 is 24.8 Å². The van der Waals surface area contributed by atoms with Gasteiger partial charge in [0.1, 0.15) is 0 Å². The maximum absolute atomic E-state index is 11.2. The lowest BCUT2D eigenvalue weighted by Gasteiger charge is -2.36. The summed E-state index contributed by atoms with van der Waals surface area (Å²) < 4.78 is 0. The topological polar surface area (TPSA) is 58.4 Å². The van der Waals surface area contributed by atoms with Crippen molar-refractivity contribution in [3.63, 3.8) is 0 Å². The Morgan fingerprint density at radius 2 is 1.87 bits per heavy atom. The van der Waals surface area contributed by atoms with Crippen molar-refractivity contribution < 1.29 is 4.92 Å². The van der Waals surface area contributed by atoms with Gasteiger partial charge in [-0.05, 0) is 24.8 Å². The van der Waals surface area contributed by atoms with Gasteiger partial charge in [0.2, 0.25) is 0 Å². The zero-order valence-corrected chi connectivity index (χ0v) is 15.6. The largest absolute Gasteiger partial charge is 0.314 e. The second-order valence-electron chi connectivity index (χ2n) is 6.23. The predicted octanol–water partition coefficient (Wildman–Crippen LogP) is 3.74. The Bertz CT molecular complexity index is 506. The van der Waals surface area contributed by atoms with E-state index >= 15 is 0 Å². The highest BCUT2D eigenvalue weighted by atomic mass is 35.5. The number of hydrogen-bond acceptors (Lipinski definition) is 4. The molecule has 0 spiro atoms. The molecule has 1 saturated heterocycles. The SMILES string of the molecule is Cc1ccc([C@@H](CC(C)C)N2CCNCC2)cc1[N+](=O)[O-].Cl.Cl. The van der Waals surface area contributed by atoms with Crippen molar-refractivity contribution in [2.45, 2.75) is 33.2 Å². The van der Waals surface area contributed by atoms with Crippen LogP contribution in [0.25, 0.3) is 0 Å². The smallest absolute Gasteiger partial charge is 0.272 e. The Kier molecular flexibility index (Phi) is 9.70. The van der Waals surface area contributed by atoms with Crippen molar-refractivity contribution in [2.24, 2.45) is 5.92 Å². The lowest BCUT2D eigenvalue weighted by Crippen LogP contribution is -2.45. The van der Waals surface area contributed by atoms with E-state index in [4.69, 9.17) is 0 Å². The molecule has 0 unspecified atom stereocenters. The van der Waals surface area contributed by atoms with E-state index < -0.39 is 0 Å². The molecule has 1 atom stereocenters. The second-order valence-corrected chi connectivity index (χ2v) is 6.23. The summed E-state index contributed by atoms with van der Waals surface area (Å²) in [6, 6.07) is 5.97. The number of rotatable bonds is 5. The van der Waals surface area contributed by atoms with Gasteiger partial charge in [-0.1, -0.05) is 26.0 Å². The van der Waals surface area contributed by atoms with Gasteiger partial charge < -0.3 is 5.32 Å². The molecule has 1 aromatic carbocycles. The van der Waals surface area contributed by atoms with Gasteiger partial charge in [-0.25, -0.2) is 0 Å². The molecule has 1 heterocycles. The van der Waals surface area contributed by atoms with Gasteiger partial charge in [0.05, 0.1) is 4.92 Å². The zero-order chi connectivity index (χ0) is 15.4. The van der Waals surface area contributed by atoms with Crippen LogP contribution in [0.15, 0.2) is 18.2 Å². The average Bonchev–Trinajstić information content (AvgIpc) is 2.46. The predicted molar refractivity (Wildman–Crippen MR) is 99.0 cm³/mol. The standard InChI is InChI=1S/C16H25N3O2.2ClH/c1-12(2)10-16(18-8-6-17-7-9-18)14-5-4-13(3)15(11-14)19(20)21;;/h4-5,11-12,16-17H,6-10H2,1-3H3;2*1H/t16-;;/m1../s1. The summed E-state index contributed by atoms with van der Waals surface area (Å²) in [5.41, 5.74) is 2.03. The minimum atomic E-state index is -0.275. The van der Waals surface area contributed by atoms with Gasteiger partial charge in [-0.2, -0.15) is 0 Å². The molecule has 1 aliphatic rings. The fourth-order valence-electron chi connectivity index (χ4n) is 2.97. The van der Waals surface area contributed by atoms with Crippen LogP contribution in [0.3, 0.4) is 0 Å². The highest BCUT2D eigenvalue weighted by molar-refractivity contribution is 5.85. The quantitative estimate of drug-likeness (QED) is 0.639. The third kappa shape index (κ3) is 5.92. The summed E-state index contributed by atoms with van der Waals surface area (Å²) in [5.74, 6) is 0.560. The minimum absolute atomic E-state index is 0. The van der Waals surface area contributed by atoms with Crippen molar-refractivity contribution in [2.75, 3.05) is 26.2 Å². The fraction of sp³-hybridized carbons (Fsp3) is 0.625. The third-order valence-corrected chi connectivity index (χ3v) is 4.10. The van der Waals surface area contributed by atoms with E-state index in [1.54, 1.807) is 13.0 Å². The maximum Gasteiger partial charge on any atom is 0.272 e. The molecular formula is C16H27Cl2N3O2. The molecule has 1 fully saturated rings. The van der Waals surface area contributed by atoms with Crippen LogP contribution in [0.2, 0.25) is 0 Å². The number of piperazine rings is 1. The lowest BCUT2D eigenvalue weighted by atomic mass is 9.94. The monoisotopic (exact) mass is 363 g/mol. The highest BCUT2D eigenvalue weighted by Gasteiger charge is 2.25. The first-order valence-electron chi connectivity index (χ1n) is 7.68. The van der Waals surface area contributed by atoms with E-state index in [2.05, 4.69) is 30.1 Å². The first kappa shape index (κ1) is 22.1. The number of nitro benzene ring substituents is 1. The van der Waals surface area contributed by atoms with Crippen molar-refractivity contribution >= 4 is 30.5 Å². The minimum Gasteiger partial charge on any atom is -0.314 e. The van der Waals surface area contributed by atoms with Gasteiger partial charge >= 0.3 is 0 Å². The van der Waals surface area contributed by atoms with E-state index in [1.807, 2.05) is 6.07 Å². The summed E-state index contributed by atoms with van der Waals surface area (Å²) in [7, 11) is 0. The second kappa shape index (κ2) is 10.1. The molecule has 23 heavy (non-hydrogen) atoms. The van der Waals surface area contributed by atoms with E-state index in [0.29, 0.717) is 5.92 Å². The van der Waals surface area contributed by atoms with Gasteiger partial charge in [-0.3, -0.25) is 15.0 Å². The summed E-state index contributed by atoms with van der Waals surface area (Å²) in [6.45, 7) is 10.2. The van der Waals surface area contributed by atoms with E-state index in [0.717, 1.165) is 43.7 Å². The zero-order valence-electron chi connectivity index (χ0n) is 13.9. The van der Waals surface area contributed by atoms with Gasteiger partial charge in [-0.15, -0.1) is 24.8 Å². The number of aryl methyl sites for hydroxylation is 1. The van der Waals surface area contributed by atoms with Crippen LogP contribution in [0, 0.1) is 23.0 Å². The van der Waals surface area contributed by atoms with Gasteiger partial charge in [0.15, 0.2) is 0 Å². The number of hydrogen-bond donors (Lipinski definition) is 1. The molecule has 2 rings (SSSR count). The summed E-state index contributed by atoms with van der Waals surface area (Å²) in [6.07, 6.45) is 1.03. The number of nitrogens with zero attached hydrogens (tertiary/aromatic N) is 2. The molecular weight excluding hydrogens is 337 g/mol. The molecule has 1 aliphatic heterocycles. The summed E-state index contributed by atoms with van der Waals surface area (Å²) in [5, 5.41) is 14.5. The van der Waals surface area contributed by atoms with Crippen LogP contribution in [-0.4, -0.2) is 36.0 Å². The first-order valence-corrected chi connectivity index (χ1v) is 7.68. The van der Waals surface area contributed by atoms with Crippen molar-refractivity contribution in [3.8, 4) is 0 Å². The molecule has 0 radical (unpaired) electrons. The average molecular weight is 364 g/mol. The van der Waals surface area contributed by atoms with Crippen LogP contribution < -0.4 is 5.32 Å². The number of nitro groups is 1. The van der Waals surface area contributed by atoms with Crippen LogP contribution in [-0.2, 0) is 0 Å². The van der Waals surface area contributed by atoms with E-state index in [1.165, 1.54) is 0 Å². The Balaban J connectivity index is 0.00000242. The third-order valence-electron chi connectivity index (χ3n) is 4.10. The first-order chi connectivity index (χ1) is 9.99. The Morgan fingerprint density at radius 1 is 1.26 bits per heavy atom. The fourth-order valence-corrected chi connectivity index (χ4v) is 2.97. The maximum atomic E-state index is 11.2. The molecule has 0 aromatic heterocycles. The molecule has 0 amide bonds. The van der Waals surface area contributed by atoms with Crippen molar-refractivity contribution in [1.29, 1.82) is 0 Å². The van der Waals surface area contributed by atoms with Crippen LogP contribution in [0.1, 0.15) is 37.4 Å². The van der Waals surface area contributed by atoms with Gasteiger partial charge in [0.25, 0.3) is 5.69 Å². The lowest BCUT2D eigenvalue weighted by molar-refractivity contribution is -0.385. The highest BCUT2D eigenvalue weighted by Crippen LogP contribution is 2.31. The summed E-state index contributed by atoms with van der Waals surface area (Å²) >= 11 is 0. The van der Waals surface area contributed by atoms with Gasteiger partial charge in [0, 0.05) is 43.9 Å². The van der Waals surface area contributed by atoms with Crippen LogP contribution in [0.4, 0.5) is 5.69 Å². The molecule has 7 heteroatoms. The molecule has 5 nitrogen and oxygen atoms in total.